The Balaban J connectivity index is 0.000000317. The van der Waals surface area contributed by atoms with Crippen LogP contribution < -0.4 is 4.90 Å². The molecule has 1 unspecified atom stereocenters. The van der Waals surface area contributed by atoms with Crippen molar-refractivity contribution in [2.45, 2.75) is 30.8 Å². The number of hydrogen-bond donors (Lipinski definition) is 2. The highest BCUT2D eigenvalue weighted by Gasteiger charge is 2.42. The summed E-state index contributed by atoms with van der Waals surface area (Å²) in [6.07, 6.45) is 0.256. The first-order chi connectivity index (χ1) is 18.1. The Morgan fingerprint density at radius 3 is 1.97 bits per heavy atom. The average Bonchev–Trinajstić information content (AvgIpc) is 2.89. The molecule has 0 saturated carbocycles. The van der Waals surface area contributed by atoms with E-state index in [0.717, 1.165) is 31.7 Å². The molecule has 2 aliphatic rings. The molecule has 2 saturated heterocycles. The van der Waals surface area contributed by atoms with Gasteiger partial charge in [0.2, 0.25) is 0 Å². The van der Waals surface area contributed by atoms with E-state index in [1.807, 2.05) is 4.90 Å². The van der Waals surface area contributed by atoms with Gasteiger partial charge in [-0.1, -0.05) is 0 Å². The normalized spacial score (nSPS) is 19.2. The van der Waals surface area contributed by atoms with Crippen molar-refractivity contribution in [3.05, 3.63) is 48.7 Å². The second kappa shape index (κ2) is 13.2. The predicted molar refractivity (Wildman–Crippen MR) is 120 cm³/mol. The predicted octanol–water partition coefficient (Wildman–Crippen LogP) is 2.65. The third kappa shape index (κ3) is 9.66. The molecule has 0 bridgehead atoms. The molecule has 0 aliphatic carbocycles. The summed E-state index contributed by atoms with van der Waals surface area (Å²) in [5.74, 6) is -4.61. The van der Waals surface area contributed by atoms with Gasteiger partial charge in [-0.05, 0) is 25.0 Å². The maximum atomic E-state index is 12.8. The molecule has 2 aromatic heterocycles. The molecular formula is C22H23F6N5O6. The fraction of sp³-hybridized carbons (Fsp3) is 0.455. The summed E-state index contributed by atoms with van der Waals surface area (Å²) in [4.78, 5) is 47.2. The van der Waals surface area contributed by atoms with Gasteiger partial charge in [-0.15, -0.1) is 0 Å². The molecule has 1 spiro atoms. The number of nitrogens with zero attached hydrogens (tertiary/aromatic N) is 5. The van der Waals surface area contributed by atoms with Gasteiger partial charge in [0.05, 0.1) is 25.9 Å². The minimum absolute atomic E-state index is 0.0432. The summed E-state index contributed by atoms with van der Waals surface area (Å²) >= 11 is 0. The molecule has 2 N–H and O–H groups in total. The Morgan fingerprint density at radius 1 is 0.872 bits per heavy atom. The Hall–Kier alpha value is -4.02. The molecule has 4 heterocycles. The van der Waals surface area contributed by atoms with E-state index in [9.17, 15) is 31.1 Å². The number of pyridine rings is 1. The van der Waals surface area contributed by atoms with E-state index in [-0.39, 0.29) is 11.5 Å². The lowest BCUT2D eigenvalue weighted by Crippen LogP contribution is -2.61. The van der Waals surface area contributed by atoms with E-state index in [1.165, 1.54) is 0 Å². The fourth-order valence-electron chi connectivity index (χ4n) is 3.69. The first-order valence-electron chi connectivity index (χ1n) is 11.1. The van der Waals surface area contributed by atoms with E-state index in [0.29, 0.717) is 25.3 Å². The van der Waals surface area contributed by atoms with Crippen LogP contribution in [0.4, 0.5) is 32.2 Å². The molecule has 39 heavy (non-hydrogen) atoms. The molecule has 0 aromatic carbocycles. The SMILES string of the molecule is O=C(O)C(F)(F)F.O=C(O)C(F)(F)F.O=C(c1ccncc1)N1CCOC2(CCCN(c3cnccn3)C2)C1. The number of alkyl halides is 6. The van der Waals surface area contributed by atoms with Gasteiger partial charge in [-0.3, -0.25) is 14.8 Å². The van der Waals surface area contributed by atoms with Gasteiger partial charge in [0.25, 0.3) is 5.91 Å². The standard InChI is InChI=1S/C18H21N5O2.2C2HF3O2/c24-17(15-2-5-19-6-3-15)23-10-11-25-18(14-23)4-1-9-22(13-18)16-12-20-7-8-21-16;2*3-2(4,5)1(6)7/h2-3,5-8,12H,1,4,9-11,13-14H2;2*(H,6,7). The number of aliphatic carboxylic acids is 2. The van der Waals surface area contributed by atoms with Crippen molar-refractivity contribution in [1.82, 2.24) is 19.9 Å². The van der Waals surface area contributed by atoms with Gasteiger partial charge in [-0.25, -0.2) is 14.6 Å². The highest BCUT2D eigenvalue weighted by Crippen LogP contribution is 2.31. The number of hydrogen-bond acceptors (Lipinski definition) is 8. The maximum Gasteiger partial charge on any atom is 0.490 e. The monoisotopic (exact) mass is 567 g/mol. The van der Waals surface area contributed by atoms with Crippen molar-refractivity contribution in [3.8, 4) is 0 Å². The molecule has 4 rings (SSSR count). The number of ether oxygens (including phenoxy) is 1. The Bertz CT molecular complexity index is 1080. The second-order valence-electron chi connectivity index (χ2n) is 8.19. The maximum absolute atomic E-state index is 12.8. The summed E-state index contributed by atoms with van der Waals surface area (Å²) in [6.45, 7) is 3.44. The lowest BCUT2D eigenvalue weighted by molar-refractivity contribution is -0.193. The van der Waals surface area contributed by atoms with Crippen LogP contribution in [0.2, 0.25) is 0 Å². The molecule has 17 heteroatoms. The van der Waals surface area contributed by atoms with Crippen molar-refractivity contribution in [1.29, 1.82) is 0 Å². The molecule has 1 amide bonds. The number of carbonyl (C=O) groups excluding carboxylic acids is 1. The van der Waals surface area contributed by atoms with Crippen LogP contribution in [0.25, 0.3) is 0 Å². The highest BCUT2D eigenvalue weighted by atomic mass is 19.4. The van der Waals surface area contributed by atoms with Crippen LogP contribution in [0.15, 0.2) is 43.1 Å². The first kappa shape index (κ1) is 31.2. The van der Waals surface area contributed by atoms with E-state index < -0.39 is 24.3 Å². The summed E-state index contributed by atoms with van der Waals surface area (Å²) in [5.41, 5.74) is 0.338. The zero-order valence-electron chi connectivity index (χ0n) is 20.0. The molecule has 2 aromatic rings. The number of aromatic nitrogens is 3. The smallest absolute Gasteiger partial charge is 0.475 e. The zero-order chi connectivity index (χ0) is 29.3. The molecule has 214 valence electrons. The average molecular weight is 567 g/mol. The van der Waals surface area contributed by atoms with Crippen LogP contribution in [0.5, 0.6) is 0 Å². The minimum Gasteiger partial charge on any atom is -0.475 e. The number of carboxylic acids is 2. The third-order valence-electron chi connectivity index (χ3n) is 5.36. The summed E-state index contributed by atoms with van der Waals surface area (Å²) < 4.78 is 69.7. The Labute approximate surface area is 217 Å². The fourth-order valence-corrected chi connectivity index (χ4v) is 3.69. The molecule has 2 aliphatic heterocycles. The molecule has 2 fully saturated rings. The summed E-state index contributed by atoms with van der Waals surface area (Å²) in [5, 5.41) is 14.2. The quantitative estimate of drug-likeness (QED) is 0.520. The minimum atomic E-state index is -5.08. The van der Waals surface area contributed by atoms with Crippen LogP contribution in [-0.2, 0) is 14.3 Å². The Morgan fingerprint density at radius 2 is 1.46 bits per heavy atom. The third-order valence-corrected chi connectivity index (χ3v) is 5.36. The number of piperidine rings is 1. The van der Waals surface area contributed by atoms with Gasteiger partial charge in [0.15, 0.2) is 0 Å². The van der Waals surface area contributed by atoms with Crippen molar-refractivity contribution >= 4 is 23.7 Å². The topological polar surface area (TPSA) is 146 Å². The van der Waals surface area contributed by atoms with Crippen molar-refractivity contribution in [2.75, 3.05) is 37.7 Å². The number of halogens is 6. The second-order valence-corrected chi connectivity index (χ2v) is 8.19. The lowest BCUT2D eigenvalue weighted by Gasteiger charge is -2.48. The van der Waals surface area contributed by atoms with Crippen LogP contribution in [0.3, 0.4) is 0 Å². The molecule has 1 atom stereocenters. The highest BCUT2D eigenvalue weighted by molar-refractivity contribution is 5.94. The summed E-state index contributed by atoms with van der Waals surface area (Å²) in [7, 11) is 0. The number of amides is 1. The van der Waals surface area contributed by atoms with Crippen molar-refractivity contribution in [3.63, 3.8) is 0 Å². The van der Waals surface area contributed by atoms with E-state index in [4.69, 9.17) is 24.5 Å². The summed E-state index contributed by atoms with van der Waals surface area (Å²) in [6, 6.07) is 3.52. The van der Waals surface area contributed by atoms with Gasteiger partial charge in [0.1, 0.15) is 11.4 Å². The number of carboxylic acid groups (broad SMARTS) is 2. The van der Waals surface area contributed by atoms with Gasteiger partial charge in [0, 0.05) is 43.4 Å². The lowest BCUT2D eigenvalue weighted by atomic mass is 9.90. The number of rotatable bonds is 2. The largest absolute Gasteiger partial charge is 0.490 e. The van der Waals surface area contributed by atoms with Crippen LogP contribution >= 0.6 is 0 Å². The molecular weight excluding hydrogens is 544 g/mol. The number of anilines is 1. The van der Waals surface area contributed by atoms with E-state index >= 15 is 0 Å². The van der Waals surface area contributed by atoms with E-state index in [2.05, 4.69) is 19.9 Å². The van der Waals surface area contributed by atoms with Gasteiger partial charge < -0.3 is 24.7 Å². The van der Waals surface area contributed by atoms with Crippen LogP contribution in [0, 0.1) is 0 Å². The van der Waals surface area contributed by atoms with Gasteiger partial charge in [-0.2, -0.15) is 26.3 Å². The van der Waals surface area contributed by atoms with Crippen LogP contribution in [-0.4, -0.2) is 98.7 Å². The molecule has 11 nitrogen and oxygen atoms in total. The van der Waals surface area contributed by atoms with Gasteiger partial charge >= 0.3 is 24.3 Å². The van der Waals surface area contributed by atoms with Crippen molar-refractivity contribution in [2.24, 2.45) is 0 Å². The van der Waals surface area contributed by atoms with Crippen molar-refractivity contribution < 1.29 is 55.7 Å². The zero-order valence-corrected chi connectivity index (χ0v) is 20.0. The Kier molecular flexibility index (Phi) is 10.5. The molecule has 0 radical (unpaired) electrons. The first-order valence-corrected chi connectivity index (χ1v) is 11.1. The number of morpholine rings is 1. The number of carbonyl (C=O) groups is 3. The van der Waals surface area contributed by atoms with E-state index in [1.54, 1.807) is 43.1 Å². The van der Waals surface area contributed by atoms with Crippen LogP contribution in [0.1, 0.15) is 23.2 Å².